The van der Waals surface area contributed by atoms with Crippen LogP contribution in [0.15, 0.2) is 58.0 Å². The van der Waals surface area contributed by atoms with Crippen LogP contribution in [0.5, 0.6) is 11.5 Å². The van der Waals surface area contributed by atoms with E-state index in [1.165, 1.54) is 7.11 Å². The predicted molar refractivity (Wildman–Crippen MR) is 124 cm³/mol. The Bertz CT molecular complexity index is 1230. The molecule has 0 fully saturated rings. The number of carbonyl (C=O) groups is 2. The lowest BCUT2D eigenvalue weighted by Gasteiger charge is -2.14. The summed E-state index contributed by atoms with van der Waals surface area (Å²) in [5.74, 6) is 1.19. The van der Waals surface area contributed by atoms with Crippen LogP contribution in [-0.4, -0.2) is 31.7 Å². The Balaban J connectivity index is 1.58. The van der Waals surface area contributed by atoms with Crippen LogP contribution in [0.4, 0.5) is 5.69 Å². The normalized spacial score (nSPS) is 13.8. The summed E-state index contributed by atoms with van der Waals surface area (Å²) < 4.78 is 16.5. The number of furan rings is 1. The fourth-order valence-electron chi connectivity index (χ4n) is 3.93. The second kappa shape index (κ2) is 9.60. The molecule has 0 saturated carbocycles. The van der Waals surface area contributed by atoms with Crippen LogP contribution in [0, 0.1) is 6.92 Å². The molecule has 2 amide bonds. The van der Waals surface area contributed by atoms with Gasteiger partial charge in [-0.05, 0) is 44.0 Å². The van der Waals surface area contributed by atoms with Gasteiger partial charge in [-0.15, -0.1) is 0 Å². The quantitative estimate of drug-likeness (QED) is 0.548. The molecular weight excluding hydrogens is 422 g/mol. The Morgan fingerprint density at radius 3 is 2.39 bits per heavy atom. The number of hydrogen-bond acceptors (Lipinski definition) is 6. The molecule has 0 saturated heterocycles. The first-order valence-electron chi connectivity index (χ1n) is 10.6. The summed E-state index contributed by atoms with van der Waals surface area (Å²) in [6, 6.07) is 14.1. The highest BCUT2D eigenvalue weighted by atomic mass is 16.5. The maximum absolute atomic E-state index is 13.0. The molecule has 0 spiro atoms. The molecule has 2 N–H and O–H groups in total. The van der Waals surface area contributed by atoms with Gasteiger partial charge in [0.2, 0.25) is 0 Å². The van der Waals surface area contributed by atoms with Gasteiger partial charge in [0.1, 0.15) is 17.3 Å². The van der Waals surface area contributed by atoms with E-state index in [4.69, 9.17) is 13.9 Å². The fraction of sp³-hybridized carbons (Fsp3) is 0.240. The Hall–Kier alpha value is -4.07. The van der Waals surface area contributed by atoms with Crippen molar-refractivity contribution in [3.05, 3.63) is 76.7 Å². The number of fused-ring (bicyclic) bond motifs is 1. The minimum absolute atomic E-state index is 0.219. The summed E-state index contributed by atoms with van der Waals surface area (Å²) in [7, 11) is 3.06. The van der Waals surface area contributed by atoms with Crippen molar-refractivity contribution in [1.82, 2.24) is 5.43 Å². The van der Waals surface area contributed by atoms with E-state index in [1.807, 2.05) is 19.1 Å². The van der Waals surface area contributed by atoms with E-state index in [-0.39, 0.29) is 17.6 Å². The van der Waals surface area contributed by atoms with Gasteiger partial charge in [0.05, 0.1) is 31.2 Å². The van der Waals surface area contributed by atoms with Gasteiger partial charge in [0, 0.05) is 17.5 Å². The predicted octanol–water partition coefficient (Wildman–Crippen LogP) is 4.33. The number of carbonyl (C=O) groups excluding carboxylic acids is 2. The van der Waals surface area contributed by atoms with Crippen LogP contribution >= 0.6 is 0 Å². The van der Waals surface area contributed by atoms with Gasteiger partial charge >= 0.3 is 0 Å². The zero-order valence-electron chi connectivity index (χ0n) is 18.7. The Morgan fingerprint density at radius 2 is 1.64 bits per heavy atom. The van der Waals surface area contributed by atoms with E-state index in [2.05, 4.69) is 15.8 Å². The second-order valence-corrected chi connectivity index (χ2v) is 7.56. The van der Waals surface area contributed by atoms with Gasteiger partial charge in [-0.3, -0.25) is 9.59 Å². The first-order valence-corrected chi connectivity index (χ1v) is 10.6. The molecule has 0 bridgehead atoms. The Morgan fingerprint density at radius 1 is 0.939 bits per heavy atom. The summed E-state index contributed by atoms with van der Waals surface area (Å²) in [6.45, 7) is 1.82. The van der Waals surface area contributed by atoms with Crippen LogP contribution in [-0.2, 0) is 6.42 Å². The maximum atomic E-state index is 13.0. The van der Waals surface area contributed by atoms with Crippen molar-refractivity contribution < 1.29 is 23.5 Å². The van der Waals surface area contributed by atoms with Crippen LogP contribution in [0.1, 0.15) is 50.6 Å². The lowest BCUT2D eigenvalue weighted by atomic mass is 9.93. The van der Waals surface area contributed by atoms with E-state index in [0.717, 1.165) is 12.0 Å². The number of benzene rings is 2. The summed E-state index contributed by atoms with van der Waals surface area (Å²) in [6.07, 6.45) is 2.15. The molecule has 0 aliphatic heterocycles. The number of ether oxygens (including phenoxy) is 2. The van der Waals surface area contributed by atoms with Crippen molar-refractivity contribution in [2.24, 2.45) is 5.10 Å². The van der Waals surface area contributed by atoms with Gasteiger partial charge in [0.25, 0.3) is 11.8 Å². The smallest absolute Gasteiger partial charge is 0.291 e. The van der Waals surface area contributed by atoms with Crippen molar-refractivity contribution in [3.63, 3.8) is 0 Å². The number of nitrogens with zero attached hydrogens (tertiary/aromatic N) is 1. The maximum Gasteiger partial charge on any atom is 0.291 e. The molecule has 0 atom stereocenters. The van der Waals surface area contributed by atoms with Crippen molar-refractivity contribution in [3.8, 4) is 11.5 Å². The highest BCUT2D eigenvalue weighted by Gasteiger charge is 2.28. The molecule has 8 heteroatoms. The topological polar surface area (TPSA) is 102 Å². The molecule has 0 radical (unpaired) electrons. The first kappa shape index (κ1) is 22.1. The number of para-hydroxylation sites is 3. The summed E-state index contributed by atoms with van der Waals surface area (Å²) >= 11 is 0. The van der Waals surface area contributed by atoms with Crippen LogP contribution in [0.25, 0.3) is 0 Å². The standard InChI is InChI=1S/C25H25N3O5/c1-15-22-18(27-28-24(29)16-9-4-6-12-19(16)31-2)11-8-14-21(22)33-23(15)25(30)26-17-10-5-7-13-20(17)32-3/h4-7,9-10,12-13H,8,11,14H2,1-3H3,(H,26,30)(H,28,29)/b27-18+. The Kier molecular flexibility index (Phi) is 6.44. The average molecular weight is 447 g/mol. The Labute approximate surface area is 191 Å². The molecule has 170 valence electrons. The van der Waals surface area contributed by atoms with Crippen molar-refractivity contribution >= 4 is 23.2 Å². The molecule has 4 rings (SSSR count). The molecule has 1 aliphatic rings. The van der Waals surface area contributed by atoms with Crippen molar-refractivity contribution in [2.45, 2.75) is 26.2 Å². The molecule has 1 aliphatic carbocycles. The summed E-state index contributed by atoms with van der Waals surface area (Å²) in [4.78, 5) is 25.6. The third-order valence-electron chi connectivity index (χ3n) is 5.53. The number of anilines is 1. The third kappa shape index (κ3) is 4.45. The SMILES string of the molecule is COc1ccccc1NC(=O)c1oc2c(c1C)/C(=N/NC(=O)c1ccccc1OC)CCC2. The molecule has 1 heterocycles. The van der Waals surface area contributed by atoms with Crippen molar-refractivity contribution in [2.75, 3.05) is 19.5 Å². The fourth-order valence-corrected chi connectivity index (χ4v) is 3.93. The van der Waals surface area contributed by atoms with Crippen LogP contribution < -0.4 is 20.2 Å². The molecule has 2 aromatic carbocycles. The molecule has 0 unspecified atom stereocenters. The molecule has 1 aromatic heterocycles. The number of amides is 2. The number of nitrogens with one attached hydrogen (secondary N) is 2. The minimum atomic E-state index is -0.373. The van der Waals surface area contributed by atoms with Crippen LogP contribution in [0.2, 0.25) is 0 Å². The van der Waals surface area contributed by atoms with Gasteiger partial charge < -0.3 is 19.2 Å². The van der Waals surface area contributed by atoms with Gasteiger partial charge in [-0.1, -0.05) is 24.3 Å². The van der Waals surface area contributed by atoms with Gasteiger partial charge in [-0.25, -0.2) is 5.43 Å². The lowest BCUT2D eigenvalue weighted by Crippen LogP contribution is -2.22. The van der Waals surface area contributed by atoms with E-state index in [1.54, 1.807) is 43.5 Å². The van der Waals surface area contributed by atoms with Crippen LogP contribution in [0.3, 0.4) is 0 Å². The van der Waals surface area contributed by atoms with Gasteiger partial charge in [-0.2, -0.15) is 5.10 Å². The summed E-state index contributed by atoms with van der Waals surface area (Å²) in [5, 5.41) is 7.22. The average Bonchev–Trinajstić information content (AvgIpc) is 3.20. The highest BCUT2D eigenvalue weighted by Crippen LogP contribution is 2.31. The minimum Gasteiger partial charge on any atom is -0.496 e. The molecular formula is C25H25N3O5. The van der Waals surface area contributed by atoms with E-state index in [0.29, 0.717) is 52.6 Å². The molecule has 8 nitrogen and oxygen atoms in total. The monoisotopic (exact) mass is 447 g/mol. The zero-order valence-corrected chi connectivity index (χ0v) is 18.7. The lowest BCUT2D eigenvalue weighted by molar-refractivity contribution is 0.0950. The third-order valence-corrected chi connectivity index (χ3v) is 5.53. The molecule has 33 heavy (non-hydrogen) atoms. The summed E-state index contributed by atoms with van der Waals surface area (Å²) in [5.41, 5.74) is 5.69. The van der Waals surface area contributed by atoms with Crippen molar-refractivity contribution in [1.29, 1.82) is 0 Å². The second-order valence-electron chi connectivity index (χ2n) is 7.56. The number of rotatable bonds is 6. The first-order chi connectivity index (χ1) is 16.0. The van der Waals surface area contributed by atoms with E-state index in [9.17, 15) is 9.59 Å². The number of hydrazone groups is 1. The number of methoxy groups -OCH3 is 2. The van der Waals surface area contributed by atoms with E-state index >= 15 is 0 Å². The highest BCUT2D eigenvalue weighted by molar-refractivity contribution is 6.10. The molecule has 3 aromatic rings. The zero-order chi connectivity index (χ0) is 23.4. The number of hydrogen-bond donors (Lipinski definition) is 2. The van der Waals surface area contributed by atoms with Gasteiger partial charge in [0.15, 0.2) is 5.76 Å². The largest absolute Gasteiger partial charge is 0.496 e. The number of aryl methyl sites for hydroxylation is 1. The van der Waals surface area contributed by atoms with E-state index < -0.39 is 0 Å².